The van der Waals surface area contributed by atoms with Crippen molar-refractivity contribution in [2.45, 2.75) is 26.2 Å². The lowest BCUT2D eigenvalue weighted by atomic mass is 9.74. The number of aliphatic hydroxyl groups excluding tert-OH is 1. The van der Waals surface area contributed by atoms with Crippen molar-refractivity contribution in [3.63, 3.8) is 0 Å². The number of carboxylic acid groups (broad SMARTS) is 3. The molecule has 0 aliphatic heterocycles. The van der Waals surface area contributed by atoms with E-state index in [4.69, 9.17) is 20.1 Å². The minimum atomic E-state index is -1.67. The topological polar surface area (TPSA) is 158 Å². The van der Waals surface area contributed by atoms with Crippen LogP contribution in [0.1, 0.15) is 26.2 Å². The summed E-state index contributed by atoms with van der Waals surface area (Å²) in [7, 11) is 0. The maximum Gasteiger partial charge on any atom is 0.315 e. The zero-order chi connectivity index (χ0) is 17.8. The van der Waals surface area contributed by atoms with E-state index < -0.39 is 60.3 Å². The van der Waals surface area contributed by atoms with Crippen LogP contribution in [0.15, 0.2) is 0 Å². The largest absolute Gasteiger partial charge is 0.481 e. The molecule has 1 fully saturated rings. The Bertz CT molecular complexity index is 500. The molecular formula is C14H20O9. The van der Waals surface area contributed by atoms with E-state index in [9.17, 15) is 24.3 Å². The zero-order valence-corrected chi connectivity index (χ0v) is 12.6. The van der Waals surface area contributed by atoms with Gasteiger partial charge in [-0.2, -0.15) is 0 Å². The van der Waals surface area contributed by atoms with Gasteiger partial charge in [0.1, 0.15) is 12.0 Å². The molecule has 4 unspecified atom stereocenters. The molecule has 0 amide bonds. The lowest BCUT2D eigenvalue weighted by Crippen LogP contribution is -2.41. The molecule has 130 valence electrons. The van der Waals surface area contributed by atoms with Crippen LogP contribution in [0.2, 0.25) is 0 Å². The molecule has 0 bridgehead atoms. The van der Waals surface area contributed by atoms with Crippen molar-refractivity contribution in [1.29, 1.82) is 0 Å². The van der Waals surface area contributed by atoms with Gasteiger partial charge in [-0.15, -0.1) is 0 Å². The number of hydrogen-bond acceptors (Lipinski definition) is 6. The van der Waals surface area contributed by atoms with Gasteiger partial charge in [0.15, 0.2) is 0 Å². The summed E-state index contributed by atoms with van der Waals surface area (Å²) >= 11 is 0. The number of ether oxygens (including phenoxy) is 1. The first kappa shape index (κ1) is 18.9. The Labute approximate surface area is 131 Å². The molecule has 0 aromatic rings. The van der Waals surface area contributed by atoms with Crippen LogP contribution < -0.4 is 0 Å². The number of carboxylic acids is 3. The van der Waals surface area contributed by atoms with Gasteiger partial charge in [-0.05, 0) is 26.2 Å². The van der Waals surface area contributed by atoms with E-state index in [-0.39, 0.29) is 19.3 Å². The predicted molar refractivity (Wildman–Crippen MR) is 73.4 cm³/mol. The molecule has 1 aliphatic carbocycles. The van der Waals surface area contributed by atoms with Crippen LogP contribution in [0.25, 0.3) is 0 Å². The third kappa shape index (κ3) is 4.41. The van der Waals surface area contributed by atoms with Gasteiger partial charge in [-0.1, -0.05) is 0 Å². The van der Waals surface area contributed by atoms with Crippen molar-refractivity contribution in [3.05, 3.63) is 0 Å². The smallest absolute Gasteiger partial charge is 0.315 e. The van der Waals surface area contributed by atoms with Crippen LogP contribution in [0.5, 0.6) is 0 Å². The highest BCUT2D eigenvalue weighted by molar-refractivity contribution is 5.83. The van der Waals surface area contributed by atoms with Gasteiger partial charge in [0, 0.05) is 0 Å². The number of hydrogen-bond donors (Lipinski definition) is 4. The fraction of sp³-hybridized carbons (Fsp3) is 0.714. The Morgan fingerprint density at radius 2 is 1.65 bits per heavy atom. The van der Waals surface area contributed by atoms with Gasteiger partial charge in [0.2, 0.25) is 0 Å². The first-order chi connectivity index (χ1) is 10.6. The van der Waals surface area contributed by atoms with E-state index in [1.54, 1.807) is 0 Å². The quantitative estimate of drug-likeness (QED) is 0.464. The van der Waals surface area contributed by atoms with E-state index in [2.05, 4.69) is 0 Å². The molecule has 4 atom stereocenters. The molecule has 23 heavy (non-hydrogen) atoms. The van der Waals surface area contributed by atoms with Crippen LogP contribution >= 0.6 is 0 Å². The minimum absolute atomic E-state index is 0.0374. The number of rotatable bonds is 7. The summed E-state index contributed by atoms with van der Waals surface area (Å²) in [6.45, 7) is -0.148. The zero-order valence-electron chi connectivity index (χ0n) is 12.6. The summed E-state index contributed by atoms with van der Waals surface area (Å²) in [6, 6.07) is 0. The summed E-state index contributed by atoms with van der Waals surface area (Å²) in [5, 5.41) is 36.2. The minimum Gasteiger partial charge on any atom is -0.481 e. The van der Waals surface area contributed by atoms with Gasteiger partial charge < -0.3 is 25.2 Å². The average Bonchev–Trinajstić information content (AvgIpc) is 2.51. The maximum absolute atomic E-state index is 12.1. The van der Waals surface area contributed by atoms with E-state index in [0.717, 1.165) is 0 Å². The van der Waals surface area contributed by atoms with Crippen molar-refractivity contribution in [3.8, 4) is 0 Å². The molecule has 0 radical (unpaired) electrons. The second-order valence-electron chi connectivity index (χ2n) is 6.03. The summed E-state index contributed by atoms with van der Waals surface area (Å²) in [5.74, 6) is -7.69. The maximum atomic E-state index is 12.1. The average molecular weight is 332 g/mol. The molecular weight excluding hydrogens is 312 g/mol. The number of aliphatic hydroxyl groups is 1. The molecule has 1 saturated carbocycles. The molecule has 9 nitrogen and oxygen atoms in total. The van der Waals surface area contributed by atoms with Crippen LogP contribution in [0.4, 0.5) is 0 Å². The van der Waals surface area contributed by atoms with E-state index >= 15 is 0 Å². The normalized spacial score (nSPS) is 26.8. The summed E-state index contributed by atoms with van der Waals surface area (Å²) in [6.07, 6.45) is 0.00534. The van der Waals surface area contributed by atoms with Crippen molar-refractivity contribution in [2.24, 2.45) is 23.2 Å². The number of aliphatic carboxylic acids is 3. The first-order valence-corrected chi connectivity index (χ1v) is 7.09. The van der Waals surface area contributed by atoms with Gasteiger partial charge in [0.25, 0.3) is 0 Å². The highest BCUT2D eigenvalue weighted by Gasteiger charge is 2.43. The molecule has 9 heteroatoms. The molecule has 0 heterocycles. The second kappa shape index (κ2) is 7.40. The Morgan fingerprint density at radius 3 is 2.09 bits per heavy atom. The Balaban J connectivity index is 2.76. The third-order valence-corrected chi connectivity index (χ3v) is 4.22. The number of carbonyl (C=O) groups is 4. The lowest BCUT2D eigenvalue weighted by Gasteiger charge is -2.31. The van der Waals surface area contributed by atoms with Crippen molar-refractivity contribution >= 4 is 23.9 Å². The van der Waals surface area contributed by atoms with Crippen molar-refractivity contribution < 1.29 is 44.3 Å². The molecule has 0 aromatic heterocycles. The van der Waals surface area contributed by atoms with Gasteiger partial charge in [-0.3, -0.25) is 19.2 Å². The van der Waals surface area contributed by atoms with E-state index in [0.29, 0.717) is 0 Å². The highest BCUT2D eigenvalue weighted by Crippen LogP contribution is 2.35. The van der Waals surface area contributed by atoms with Gasteiger partial charge >= 0.3 is 23.9 Å². The second-order valence-corrected chi connectivity index (χ2v) is 6.03. The SMILES string of the molecule is CC(CO)(COC(=O)C1CCC(C(=O)O)CC1C(=O)O)C(=O)O. The van der Waals surface area contributed by atoms with Crippen LogP contribution in [0, 0.1) is 23.2 Å². The first-order valence-electron chi connectivity index (χ1n) is 7.09. The van der Waals surface area contributed by atoms with Gasteiger partial charge in [-0.25, -0.2) is 0 Å². The molecule has 1 rings (SSSR count). The van der Waals surface area contributed by atoms with Crippen LogP contribution in [0.3, 0.4) is 0 Å². The molecule has 0 spiro atoms. The Morgan fingerprint density at radius 1 is 1.04 bits per heavy atom. The lowest BCUT2D eigenvalue weighted by molar-refractivity contribution is -0.170. The standard InChI is InChI=1S/C14H20O9/c1-14(5-15,13(21)22)6-23-12(20)8-3-2-7(10(16)17)4-9(8)11(18)19/h7-9,15H,2-6H2,1H3,(H,16,17)(H,18,19)(H,21,22). The molecule has 0 aromatic carbocycles. The van der Waals surface area contributed by atoms with Crippen LogP contribution in [-0.2, 0) is 23.9 Å². The fourth-order valence-electron chi connectivity index (χ4n) is 2.46. The Hall–Kier alpha value is -2.16. The predicted octanol–water partition coefficient (Wildman–Crippen LogP) is -0.185. The number of carbonyl (C=O) groups excluding carboxylic acids is 1. The van der Waals surface area contributed by atoms with Crippen LogP contribution in [-0.4, -0.2) is 57.5 Å². The summed E-state index contributed by atoms with van der Waals surface area (Å²) in [5.41, 5.74) is -1.67. The molecule has 1 aliphatic rings. The summed E-state index contributed by atoms with van der Waals surface area (Å²) < 4.78 is 4.88. The highest BCUT2D eigenvalue weighted by atomic mass is 16.5. The van der Waals surface area contributed by atoms with E-state index in [1.807, 2.05) is 0 Å². The Kier molecular flexibility index (Phi) is 6.08. The van der Waals surface area contributed by atoms with Gasteiger partial charge in [0.05, 0.1) is 24.4 Å². The summed E-state index contributed by atoms with van der Waals surface area (Å²) in [4.78, 5) is 45.3. The third-order valence-electron chi connectivity index (χ3n) is 4.22. The molecule has 4 N–H and O–H groups in total. The monoisotopic (exact) mass is 332 g/mol. The van der Waals surface area contributed by atoms with Crippen molar-refractivity contribution in [2.75, 3.05) is 13.2 Å². The molecule has 0 saturated heterocycles. The van der Waals surface area contributed by atoms with E-state index in [1.165, 1.54) is 6.92 Å². The fourth-order valence-corrected chi connectivity index (χ4v) is 2.46. The van der Waals surface area contributed by atoms with Crippen molar-refractivity contribution in [1.82, 2.24) is 0 Å². The number of esters is 1.